The van der Waals surface area contributed by atoms with Gasteiger partial charge in [-0.25, -0.2) is 83.5 Å². The van der Waals surface area contributed by atoms with Crippen molar-refractivity contribution in [2.75, 3.05) is 26.4 Å². The van der Waals surface area contributed by atoms with E-state index in [0.717, 1.165) is 33.5 Å². The molecule has 0 radical (unpaired) electrons. The van der Waals surface area contributed by atoms with E-state index in [0.29, 0.717) is 56.1 Å². The Morgan fingerprint density at radius 1 is 0.404 bits per heavy atom. The van der Waals surface area contributed by atoms with Crippen LogP contribution >= 0.6 is 0 Å². The molecule has 0 saturated carbocycles. The largest absolute Gasteiger partial charge is 0.390 e. The van der Waals surface area contributed by atoms with Gasteiger partial charge in [-0.05, 0) is 55.4 Å². The quantitative estimate of drug-likeness (QED) is 0.0447. The number of aromatic nitrogens is 16. The zero-order valence-corrected chi connectivity index (χ0v) is 54.1. The fraction of sp³-hybridized carbons (Fsp3) is 0.583. The van der Waals surface area contributed by atoms with E-state index in [1.54, 1.807) is 37.1 Å². The minimum absolute atomic E-state index is 0.234. The second-order valence-electron chi connectivity index (χ2n) is 21.8. The molecule has 13 N–H and O–H groups in total. The summed E-state index contributed by atoms with van der Waals surface area (Å²) in [5.41, 5.74) is 7.68. The summed E-state index contributed by atoms with van der Waals surface area (Å²) in [6.45, 7) is 12.6. The number of aryl methyl sites for hydroxylation is 8. The molecular formula is C48H67FN20O21S4. The van der Waals surface area contributed by atoms with Crippen molar-refractivity contribution >= 4 is 85.4 Å². The van der Waals surface area contributed by atoms with Crippen molar-refractivity contribution in [3.8, 4) is 0 Å². The van der Waals surface area contributed by atoms with E-state index in [2.05, 4.69) is 77.0 Å². The molecule has 0 aromatic carbocycles. The number of rotatable bonds is 16. The number of hydrogen-bond acceptors (Lipinski definition) is 33. The van der Waals surface area contributed by atoms with Gasteiger partial charge in [0.1, 0.15) is 68.0 Å². The maximum Gasteiger partial charge on any atom is 0.333 e. The summed E-state index contributed by atoms with van der Waals surface area (Å²) >= 11 is 0. The molecule has 0 unspecified atom stereocenters. The second kappa shape index (κ2) is 28.1. The van der Waals surface area contributed by atoms with Gasteiger partial charge in [0.15, 0.2) is 53.7 Å². The number of hydrogen-bond donors (Lipinski definition) is 9. The Labute approximate surface area is 533 Å². The van der Waals surface area contributed by atoms with E-state index in [1.807, 2.05) is 27.7 Å². The fourth-order valence-electron chi connectivity index (χ4n) is 10.8. The minimum Gasteiger partial charge on any atom is -0.390 e. The average molecular weight is 1410 g/mol. The first-order valence-electron chi connectivity index (χ1n) is 27.9. The number of aliphatic hydroxyl groups excluding tert-OH is 5. The van der Waals surface area contributed by atoms with E-state index in [-0.39, 0.29) is 26.1 Å². The van der Waals surface area contributed by atoms with E-state index >= 15 is 0 Å². The van der Waals surface area contributed by atoms with Crippen LogP contribution in [-0.4, -0.2) is 226 Å². The third-order valence-corrected chi connectivity index (χ3v) is 16.9. The molecular weight excluding hydrogens is 1340 g/mol. The highest BCUT2D eigenvalue weighted by Gasteiger charge is 2.48. The molecule has 94 heavy (non-hydrogen) atoms. The zero-order valence-electron chi connectivity index (χ0n) is 50.9. The fourth-order valence-corrected chi connectivity index (χ4v) is 12.1. The molecule has 46 heteroatoms. The maximum atomic E-state index is 14.5. The Morgan fingerprint density at radius 3 is 1.01 bits per heavy atom. The van der Waals surface area contributed by atoms with Gasteiger partial charge in [0, 0.05) is 12.8 Å². The van der Waals surface area contributed by atoms with Crippen LogP contribution in [0.15, 0.2) is 25.3 Å². The van der Waals surface area contributed by atoms with Gasteiger partial charge in [0.2, 0.25) is 0 Å². The summed E-state index contributed by atoms with van der Waals surface area (Å²) in [5.74, 6) is 0. The molecule has 0 bridgehead atoms. The Hall–Kier alpha value is -6.75. The molecule has 0 spiro atoms. The number of nitrogens with two attached hydrogens (primary N) is 4. The first-order valence-corrected chi connectivity index (χ1v) is 33.8. The molecule has 8 aromatic heterocycles. The lowest BCUT2D eigenvalue weighted by Gasteiger charge is -2.15. The van der Waals surface area contributed by atoms with Gasteiger partial charge in [-0.1, -0.05) is 0 Å². The third-order valence-electron chi connectivity index (χ3n) is 15.1. The van der Waals surface area contributed by atoms with E-state index in [4.69, 9.17) is 39.5 Å². The number of aliphatic hydroxyl groups is 5. The van der Waals surface area contributed by atoms with E-state index in [1.165, 1.54) is 34.7 Å². The summed E-state index contributed by atoms with van der Waals surface area (Å²) in [7, 11) is -16.6. The van der Waals surface area contributed by atoms with Crippen molar-refractivity contribution in [2.24, 2.45) is 20.6 Å². The molecule has 8 aromatic rings. The molecule has 14 atom stereocenters. The highest BCUT2D eigenvalue weighted by molar-refractivity contribution is 7.85. The van der Waals surface area contributed by atoms with Crippen LogP contribution in [0.1, 0.15) is 83.3 Å². The van der Waals surface area contributed by atoms with Crippen molar-refractivity contribution in [3.05, 3.63) is 70.9 Å². The number of halogens is 1. The molecule has 4 saturated heterocycles. The molecule has 12 rings (SSSR count). The smallest absolute Gasteiger partial charge is 0.333 e. The van der Waals surface area contributed by atoms with Crippen LogP contribution in [0.25, 0.3) is 44.1 Å². The van der Waals surface area contributed by atoms with Gasteiger partial charge in [-0.3, -0.25) is 16.7 Å². The van der Waals surface area contributed by atoms with Crippen LogP contribution in [0.4, 0.5) is 4.39 Å². The summed E-state index contributed by atoms with van der Waals surface area (Å²) in [6.07, 6.45) is -9.41. The van der Waals surface area contributed by atoms with Crippen LogP contribution in [0.5, 0.6) is 0 Å². The Bertz CT molecular complexity index is 4270. The average Bonchev–Trinajstić information content (AvgIpc) is 1.63. The van der Waals surface area contributed by atoms with Gasteiger partial charge < -0.3 is 44.5 Å². The highest BCUT2D eigenvalue weighted by atomic mass is 32.2. The van der Waals surface area contributed by atoms with Gasteiger partial charge in [-0.2, -0.15) is 54.1 Å². The lowest BCUT2D eigenvalue weighted by atomic mass is 10.1. The van der Waals surface area contributed by atoms with Gasteiger partial charge in [0.05, 0.1) is 106 Å². The Kier molecular flexibility index (Phi) is 21.4. The molecule has 12 heterocycles. The van der Waals surface area contributed by atoms with Gasteiger partial charge in [-0.15, -0.1) is 0 Å². The summed E-state index contributed by atoms with van der Waals surface area (Å²) in [5, 5.41) is 89.7. The normalized spacial score (nSPS) is 26.6. The highest BCUT2D eigenvalue weighted by Crippen LogP contribution is 2.37. The Morgan fingerprint density at radius 2 is 0.681 bits per heavy atom. The maximum absolute atomic E-state index is 14.5. The number of ether oxygens (including phenoxy) is 4. The summed E-state index contributed by atoms with van der Waals surface area (Å²) in [6, 6.07) is 0. The van der Waals surface area contributed by atoms with Crippen LogP contribution in [0.3, 0.4) is 0 Å². The van der Waals surface area contributed by atoms with Gasteiger partial charge in [0.25, 0.3) is 0 Å². The lowest BCUT2D eigenvalue weighted by molar-refractivity contribution is -0.0527. The molecule has 516 valence electrons. The van der Waals surface area contributed by atoms with Crippen LogP contribution in [0.2, 0.25) is 0 Å². The molecule has 4 fully saturated rings. The van der Waals surface area contributed by atoms with Crippen LogP contribution in [0, 0.1) is 55.4 Å². The van der Waals surface area contributed by atoms with Crippen LogP contribution in [-0.2, 0) is 76.9 Å². The molecule has 4 aliphatic heterocycles. The minimum atomic E-state index is -4.23. The molecule has 41 nitrogen and oxygen atoms in total. The molecule has 4 aliphatic rings. The van der Waals surface area contributed by atoms with E-state index < -0.39 is 140 Å². The lowest BCUT2D eigenvalue weighted by Crippen LogP contribution is -2.35. The summed E-state index contributed by atoms with van der Waals surface area (Å²) < 4.78 is 147. The predicted molar refractivity (Wildman–Crippen MR) is 315 cm³/mol. The standard InChI is InChI=1S/C12H16FN5O5S.C12H17N5O6S.2C12H17N5O5S/c1-5-8-6(2)17-18(11(8)16-4-15-5)12-9(13)10(19)7(23-12)3-22-24(14,20)21;1-5-8-6(2)16-17(11(8)15-4-14-5)12-10(19)9(18)7(23-12)3-22-24(13,20)21;2*1-6-11-7(2)16-17(12(11)15-5-14-6)10-3-8(18)9(22-10)4-21-23(13,19)20/h4,7,9-10,12,19H,3H2,1-2H3,(H2,14,20,21);4,7,9-10,12,18-19H,3H2,1-2H3,(H2,13,20,21);2*5,8-10,18H,3-4H2,1-2H3,(H2,13,19,20)/t7-,9+,10-,12-;7-,9-,10-,12-;8-,9+,10+;8-,9-,10+/m1100/s1. The van der Waals surface area contributed by atoms with Crippen molar-refractivity contribution in [1.82, 2.24) is 79.0 Å². The van der Waals surface area contributed by atoms with Gasteiger partial charge >= 0.3 is 41.2 Å². The summed E-state index contributed by atoms with van der Waals surface area (Å²) in [4.78, 5) is 33.1. The van der Waals surface area contributed by atoms with E-state index in [9.17, 15) is 63.6 Å². The van der Waals surface area contributed by atoms with Crippen LogP contribution < -0.4 is 20.6 Å². The SMILES string of the molecule is Cc1ncnc2c1c(C)nn2[C@@H]1O[C@H](COS(N)(=O)=O)[C@@H](O)[C@@H]1F.Cc1ncnc2c1c(C)nn2[C@@H]1O[C@H](COS(N)(=O)=O)[C@@H](O)[C@H]1O.Cc1ncnc2c1c(C)nn2[C@H]1C[C@H](O)[C@@H](COS(N)(=O)=O)O1.Cc1ncnc2c1c(C)nn2[C@H]1C[C@H](O)[C@H](COS(N)(=O)=O)O1. The van der Waals surface area contributed by atoms with Crippen molar-refractivity contribution < 1.29 is 99.3 Å². The first-order chi connectivity index (χ1) is 43.9. The molecule has 0 aliphatic carbocycles. The Balaban J connectivity index is 0.000000148. The number of alkyl halides is 1. The monoisotopic (exact) mass is 1410 g/mol. The second-order valence-corrected chi connectivity index (χ2v) is 26.7. The number of fused-ring (bicyclic) bond motifs is 4. The zero-order chi connectivity index (χ0) is 68.8. The number of nitrogens with zero attached hydrogens (tertiary/aromatic N) is 16. The molecule has 0 amide bonds. The van der Waals surface area contributed by atoms with Crippen molar-refractivity contribution in [2.45, 2.75) is 154 Å². The first kappa shape index (κ1) is 71.5. The predicted octanol–water partition coefficient (Wildman–Crippen LogP) is -3.83. The van der Waals surface area contributed by atoms with Crippen molar-refractivity contribution in [3.63, 3.8) is 0 Å². The topological polar surface area (TPSA) is 590 Å². The van der Waals surface area contributed by atoms with Crippen molar-refractivity contribution in [1.29, 1.82) is 0 Å². The third kappa shape index (κ3) is 16.2.